The Morgan fingerprint density at radius 1 is 1.25 bits per heavy atom. The molecule has 0 heterocycles. The summed E-state index contributed by atoms with van der Waals surface area (Å²) >= 11 is 0. The van der Waals surface area contributed by atoms with Crippen LogP contribution in [0.3, 0.4) is 0 Å². The molecule has 16 heavy (non-hydrogen) atoms. The average Bonchev–Trinajstić information content (AvgIpc) is 2.28. The van der Waals surface area contributed by atoms with Gasteiger partial charge in [-0.2, -0.15) is 0 Å². The number of hydrogen-bond donors (Lipinski definition) is 1. The number of hydrogen-bond acceptors (Lipinski definition) is 2. The summed E-state index contributed by atoms with van der Waals surface area (Å²) in [6.45, 7) is 8.61. The molecule has 2 atom stereocenters. The van der Waals surface area contributed by atoms with E-state index in [0.29, 0.717) is 0 Å². The maximum atomic E-state index is 5.52. The van der Waals surface area contributed by atoms with Gasteiger partial charge < -0.3 is 10.1 Å². The molecule has 2 unspecified atom stereocenters. The van der Waals surface area contributed by atoms with E-state index in [1.54, 1.807) is 0 Å². The van der Waals surface area contributed by atoms with Gasteiger partial charge in [-0.3, -0.25) is 0 Å². The van der Waals surface area contributed by atoms with Crippen molar-refractivity contribution in [2.75, 3.05) is 26.3 Å². The van der Waals surface area contributed by atoms with Crippen molar-refractivity contribution in [1.82, 2.24) is 5.32 Å². The van der Waals surface area contributed by atoms with Crippen LogP contribution in [0.15, 0.2) is 0 Å². The monoisotopic (exact) mass is 227 g/mol. The minimum Gasteiger partial charge on any atom is -0.380 e. The molecular formula is C14H29NO. The van der Waals surface area contributed by atoms with E-state index in [0.717, 1.165) is 31.6 Å². The van der Waals surface area contributed by atoms with Crippen LogP contribution in [-0.4, -0.2) is 26.3 Å². The standard InChI is InChI=1S/C14H29NO/c1-3-4-9-16-10-8-15-12-14-7-5-6-13(2)11-14/h13-15H,3-12H2,1-2H3. The van der Waals surface area contributed by atoms with Crippen LogP contribution in [0.25, 0.3) is 0 Å². The molecular weight excluding hydrogens is 198 g/mol. The van der Waals surface area contributed by atoms with Crippen molar-refractivity contribution in [2.24, 2.45) is 11.8 Å². The van der Waals surface area contributed by atoms with Crippen molar-refractivity contribution in [1.29, 1.82) is 0 Å². The molecule has 2 nitrogen and oxygen atoms in total. The second kappa shape index (κ2) is 9.00. The smallest absolute Gasteiger partial charge is 0.0590 e. The lowest BCUT2D eigenvalue weighted by Crippen LogP contribution is -2.29. The molecule has 1 fully saturated rings. The molecule has 1 saturated carbocycles. The largest absolute Gasteiger partial charge is 0.380 e. The van der Waals surface area contributed by atoms with Crippen LogP contribution in [-0.2, 0) is 4.74 Å². The van der Waals surface area contributed by atoms with Crippen LogP contribution >= 0.6 is 0 Å². The van der Waals surface area contributed by atoms with Gasteiger partial charge >= 0.3 is 0 Å². The SMILES string of the molecule is CCCCOCCNCC1CCCC(C)C1. The molecule has 0 aliphatic heterocycles. The molecule has 2 heteroatoms. The van der Waals surface area contributed by atoms with E-state index in [1.807, 2.05) is 0 Å². The fraction of sp³-hybridized carbons (Fsp3) is 1.00. The molecule has 0 aromatic carbocycles. The third-order valence-electron chi connectivity index (χ3n) is 3.54. The number of ether oxygens (including phenoxy) is 1. The molecule has 0 saturated heterocycles. The molecule has 1 aliphatic rings. The van der Waals surface area contributed by atoms with Gasteiger partial charge in [-0.1, -0.05) is 33.1 Å². The summed E-state index contributed by atoms with van der Waals surface area (Å²) in [6.07, 6.45) is 8.14. The lowest BCUT2D eigenvalue weighted by Gasteiger charge is -2.26. The molecule has 1 N–H and O–H groups in total. The molecule has 1 rings (SSSR count). The molecule has 0 bridgehead atoms. The van der Waals surface area contributed by atoms with E-state index in [-0.39, 0.29) is 0 Å². The first-order valence-electron chi connectivity index (χ1n) is 7.11. The van der Waals surface area contributed by atoms with Crippen LogP contribution in [0, 0.1) is 11.8 Å². The molecule has 1 aliphatic carbocycles. The lowest BCUT2D eigenvalue weighted by atomic mass is 9.82. The van der Waals surface area contributed by atoms with E-state index in [2.05, 4.69) is 19.2 Å². The van der Waals surface area contributed by atoms with Crippen LogP contribution < -0.4 is 5.32 Å². The Morgan fingerprint density at radius 2 is 2.12 bits per heavy atom. The van der Waals surface area contributed by atoms with Gasteiger partial charge in [0.15, 0.2) is 0 Å². The van der Waals surface area contributed by atoms with Crippen LogP contribution in [0.5, 0.6) is 0 Å². The third kappa shape index (κ3) is 6.49. The first-order valence-corrected chi connectivity index (χ1v) is 7.11. The second-order valence-electron chi connectivity index (χ2n) is 5.31. The first kappa shape index (κ1) is 14.0. The first-order chi connectivity index (χ1) is 7.83. The molecule has 96 valence electrons. The maximum Gasteiger partial charge on any atom is 0.0590 e. The van der Waals surface area contributed by atoms with Gasteiger partial charge in [0.25, 0.3) is 0 Å². The zero-order chi connectivity index (χ0) is 11.6. The summed E-state index contributed by atoms with van der Waals surface area (Å²) in [5.41, 5.74) is 0. The Morgan fingerprint density at radius 3 is 2.88 bits per heavy atom. The summed E-state index contributed by atoms with van der Waals surface area (Å²) < 4.78 is 5.52. The molecule has 0 radical (unpaired) electrons. The fourth-order valence-electron chi connectivity index (χ4n) is 2.54. The second-order valence-corrected chi connectivity index (χ2v) is 5.31. The highest BCUT2D eigenvalue weighted by molar-refractivity contribution is 4.72. The number of unbranched alkanes of at least 4 members (excludes halogenated alkanes) is 1. The van der Waals surface area contributed by atoms with E-state index >= 15 is 0 Å². The summed E-state index contributed by atoms with van der Waals surface area (Å²) in [5, 5.41) is 3.53. The number of rotatable bonds is 8. The minimum absolute atomic E-state index is 0.877. The van der Waals surface area contributed by atoms with Gasteiger partial charge in [0.1, 0.15) is 0 Å². The van der Waals surface area contributed by atoms with E-state index in [9.17, 15) is 0 Å². The Hall–Kier alpha value is -0.0800. The summed E-state index contributed by atoms with van der Waals surface area (Å²) in [4.78, 5) is 0. The molecule has 0 spiro atoms. The van der Waals surface area contributed by atoms with Crippen LogP contribution in [0.2, 0.25) is 0 Å². The Bertz CT molecular complexity index is 161. The van der Waals surface area contributed by atoms with E-state index in [4.69, 9.17) is 4.74 Å². The van der Waals surface area contributed by atoms with Crippen LogP contribution in [0.1, 0.15) is 52.4 Å². The van der Waals surface area contributed by atoms with Gasteiger partial charge in [-0.15, -0.1) is 0 Å². The molecule has 0 aromatic heterocycles. The van der Waals surface area contributed by atoms with Gasteiger partial charge in [-0.05, 0) is 37.6 Å². The predicted octanol–water partition coefficient (Wildman–Crippen LogP) is 3.22. The van der Waals surface area contributed by atoms with Crippen molar-refractivity contribution in [3.63, 3.8) is 0 Å². The van der Waals surface area contributed by atoms with Crippen molar-refractivity contribution in [3.8, 4) is 0 Å². The lowest BCUT2D eigenvalue weighted by molar-refractivity contribution is 0.131. The Balaban J connectivity index is 1.86. The Labute approximate surface area is 101 Å². The fourth-order valence-corrected chi connectivity index (χ4v) is 2.54. The van der Waals surface area contributed by atoms with Gasteiger partial charge in [-0.25, -0.2) is 0 Å². The predicted molar refractivity (Wildman–Crippen MR) is 69.7 cm³/mol. The normalized spacial score (nSPS) is 25.9. The molecule has 0 amide bonds. The van der Waals surface area contributed by atoms with Gasteiger partial charge in [0.2, 0.25) is 0 Å². The Kier molecular flexibility index (Phi) is 7.87. The highest BCUT2D eigenvalue weighted by Crippen LogP contribution is 2.27. The zero-order valence-corrected chi connectivity index (χ0v) is 11.1. The zero-order valence-electron chi connectivity index (χ0n) is 11.1. The van der Waals surface area contributed by atoms with E-state index in [1.165, 1.54) is 45.1 Å². The number of nitrogens with one attached hydrogen (secondary N) is 1. The van der Waals surface area contributed by atoms with Crippen LogP contribution in [0.4, 0.5) is 0 Å². The van der Waals surface area contributed by atoms with Crippen molar-refractivity contribution < 1.29 is 4.74 Å². The average molecular weight is 227 g/mol. The van der Waals surface area contributed by atoms with Gasteiger partial charge in [0.05, 0.1) is 6.61 Å². The highest BCUT2D eigenvalue weighted by atomic mass is 16.5. The summed E-state index contributed by atoms with van der Waals surface area (Å²) in [5.74, 6) is 1.86. The topological polar surface area (TPSA) is 21.3 Å². The summed E-state index contributed by atoms with van der Waals surface area (Å²) in [7, 11) is 0. The minimum atomic E-state index is 0.877. The quantitative estimate of drug-likeness (QED) is 0.643. The van der Waals surface area contributed by atoms with Crippen molar-refractivity contribution >= 4 is 0 Å². The van der Waals surface area contributed by atoms with E-state index < -0.39 is 0 Å². The van der Waals surface area contributed by atoms with Gasteiger partial charge in [0, 0.05) is 13.2 Å². The molecule has 0 aromatic rings. The maximum absolute atomic E-state index is 5.52. The summed E-state index contributed by atoms with van der Waals surface area (Å²) in [6, 6.07) is 0. The van der Waals surface area contributed by atoms with Crippen molar-refractivity contribution in [2.45, 2.75) is 52.4 Å². The highest BCUT2D eigenvalue weighted by Gasteiger charge is 2.17. The van der Waals surface area contributed by atoms with Crippen molar-refractivity contribution in [3.05, 3.63) is 0 Å². The third-order valence-corrected chi connectivity index (χ3v) is 3.54.